The lowest BCUT2D eigenvalue weighted by molar-refractivity contribution is -0.161. The number of nitrogens with one attached hydrogen (secondary N) is 1. The summed E-state index contributed by atoms with van der Waals surface area (Å²) in [5.41, 5.74) is -1.19. The van der Waals surface area contributed by atoms with Gasteiger partial charge in [0, 0.05) is 6.54 Å². The fourth-order valence-corrected chi connectivity index (χ4v) is 2.46. The number of hydrogen-bond acceptors (Lipinski definition) is 2. The van der Waals surface area contributed by atoms with E-state index < -0.39 is 11.1 Å². The highest BCUT2D eigenvalue weighted by molar-refractivity contribution is 6.01. The number of nitrogens with zero attached hydrogens (tertiary/aromatic N) is 1. The summed E-state index contributed by atoms with van der Waals surface area (Å²) in [5, 5.41) is 2.81. The van der Waals surface area contributed by atoms with Gasteiger partial charge in [-0.3, -0.25) is 9.59 Å². The van der Waals surface area contributed by atoms with Crippen LogP contribution in [0.2, 0.25) is 0 Å². The average molecular weight is 292 g/mol. The third-order valence-electron chi connectivity index (χ3n) is 4.27. The molecule has 0 saturated carbocycles. The molecule has 4 nitrogen and oxygen atoms in total. The molecule has 1 aromatic rings. The highest BCUT2D eigenvalue weighted by Gasteiger charge is 2.51. The van der Waals surface area contributed by atoms with Crippen LogP contribution < -0.4 is 5.32 Å². The van der Waals surface area contributed by atoms with Crippen LogP contribution in [0.25, 0.3) is 0 Å². The lowest BCUT2D eigenvalue weighted by Gasteiger charge is -2.48. The van der Waals surface area contributed by atoms with Crippen molar-refractivity contribution in [3.63, 3.8) is 0 Å². The van der Waals surface area contributed by atoms with E-state index in [1.165, 1.54) is 17.0 Å². The topological polar surface area (TPSA) is 49.4 Å². The molecule has 0 radical (unpaired) electrons. The molecule has 21 heavy (non-hydrogen) atoms. The molecule has 0 aliphatic carbocycles. The molecule has 1 fully saturated rings. The van der Waals surface area contributed by atoms with E-state index in [-0.39, 0.29) is 24.2 Å². The van der Waals surface area contributed by atoms with Gasteiger partial charge in [-0.25, -0.2) is 4.39 Å². The molecule has 1 aromatic carbocycles. The Morgan fingerprint density at radius 1 is 1.24 bits per heavy atom. The third kappa shape index (κ3) is 2.64. The number of carbonyl (C=O) groups excluding carboxylic acids is 2. The van der Waals surface area contributed by atoms with Crippen LogP contribution in [0.15, 0.2) is 24.3 Å². The van der Waals surface area contributed by atoms with Crippen LogP contribution in [0.3, 0.4) is 0 Å². The zero-order valence-corrected chi connectivity index (χ0v) is 12.9. The first-order chi connectivity index (χ1) is 9.70. The quantitative estimate of drug-likeness (QED) is 0.928. The Morgan fingerprint density at radius 2 is 1.90 bits per heavy atom. The summed E-state index contributed by atoms with van der Waals surface area (Å²) in [6, 6.07) is 6.10. The zero-order valence-electron chi connectivity index (χ0n) is 12.9. The van der Waals surface area contributed by atoms with Crippen molar-refractivity contribution >= 4 is 11.8 Å². The maximum Gasteiger partial charge on any atom is 0.249 e. The number of benzene rings is 1. The first kappa shape index (κ1) is 15.5. The molecule has 1 atom stereocenters. The Labute approximate surface area is 124 Å². The van der Waals surface area contributed by atoms with E-state index in [1.807, 2.05) is 6.92 Å². The van der Waals surface area contributed by atoms with E-state index in [0.717, 1.165) is 0 Å². The lowest BCUT2D eigenvalue weighted by atomic mass is 9.86. The zero-order chi connectivity index (χ0) is 15.8. The highest BCUT2D eigenvalue weighted by Crippen LogP contribution is 2.29. The third-order valence-corrected chi connectivity index (χ3v) is 4.27. The van der Waals surface area contributed by atoms with Gasteiger partial charge in [-0.15, -0.1) is 0 Å². The molecule has 114 valence electrons. The van der Waals surface area contributed by atoms with E-state index in [2.05, 4.69) is 5.32 Å². The molecule has 5 heteroatoms. The van der Waals surface area contributed by atoms with Gasteiger partial charge >= 0.3 is 0 Å². The maximum atomic E-state index is 13.3. The molecule has 0 bridgehead atoms. The molecule has 1 aliphatic heterocycles. The second kappa shape index (κ2) is 5.13. The Kier molecular flexibility index (Phi) is 3.78. The van der Waals surface area contributed by atoms with Gasteiger partial charge in [0.25, 0.3) is 0 Å². The van der Waals surface area contributed by atoms with Crippen molar-refractivity contribution in [1.82, 2.24) is 10.2 Å². The molecule has 0 spiro atoms. The van der Waals surface area contributed by atoms with Gasteiger partial charge in [0.05, 0.1) is 0 Å². The largest absolute Gasteiger partial charge is 0.340 e. The van der Waals surface area contributed by atoms with Gasteiger partial charge in [0.1, 0.15) is 16.9 Å². The van der Waals surface area contributed by atoms with Gasteiger partial charge in [0.15, 0.2) is 0 Å². The summed E-state index contributed by atoms with van der Waals surface area (Å²) in [6.07, 6.45) is 0.507. The van der Waals surface area contributed by atoms with Gasteiger partial charge in [-0.2, -0.15) is 0 Å². The monoisotopic (exact) mass is 292 g/mol. The number of piperazine rings is 1. The summed E-state index contributed by atoms with van der Waals surface area (Å²) >= 11 is 0. The number of carbonyl (C=O) groups is 2. The number of halogens is 1. The van der Waals surface area contributed by atoms with Crippen LogP contribution in [-0.2, 0) is 16.1 Å². The predicted octanol–water partition coefficient (Wildman–Crippen LogP) is 2.23. The maximum absolute atomic E-state index is 13.3. The smallest absolute Gasteiger partial charge is 0.249 e. The molecule has 1 unspecified atom stereocenters. The summed E-state index contributed by atoms with van der Waals surface area (Å²) in [7, 11) is 0. The standard InChI is InChI=1S/C16H21FN2O2/c1-5-16(4)14(21)19(15(2,3)13(20)18-16)10-11-7-6-8-12(17)9-11/h6-9H,5,10H2,1-4H3,(H,18,20). The van der Waals surface area contributed by atoms with Gasteiger partial charge in [-0.1, -0.05) is 19.1 Å². The molecular weight excluding hydrogens is 271 g/mol. The summed E-state index contributed by atoms with van der Waals surface area (Å²) < 4.78 is 13.3. The first-order valence-electron chi connectivity index (χ1n) is 7.10. The second-order valence-electron chi connectivity index (χ2n) is 6.22. The highest BCUT2D eigenvalue weighted by atomic mass is 19.1. The Hall–Kier alpha value is -1.91. The van der Waals surface area contributed by atoms with E-state index in [0.29, 0.717) is 12.0 Å². The van der Waals surface area contributed by atoms with Crippen LogP contribution in [0.1, 0.15) is 39.7 Å². The molecule has 2 amide bonds. The SMILES string of the molecule is CCC1(C)NC(=O)C(C)(C)N(Cc2cccc(F)c2)C1=O. The summed E-state index contributed by atoms with van der Waals surface area (Å²) in [6.45, 7) is 7.20. The van der Waals surface area contributed by atoms with Gasteiger partial charge < -0.3 is 10.2 Å². The average Bonchev–Trinajstić information content (AvgIpc) is 2.42. The summed E-state index contributed by atoms with van der Waals surface area (Å²) in [5.74, 6) is -0.681. The van der Waals surface area contributed by atoms with Crippen molar-refractivity contribution < 1.29 is 14.0 Å². The fourth-order valence-electron chi connectivity index (χ4n) is 2.46. The van der Waals surface area contributed by atoms with E-state index >= 15 is 0 Å². The van der Waals surface area contributed by atoms with Crippen molar-refractivity contribution in [3.8, 4) is 0 Å². The minimum atomic E-state index is -0.960. The fraction of sp³-hybridized carbons (Fsp3) is 0.500. The van der Waals surface area contributed by atoms with Crippen molar-refractivity contribution in [2.45, 2.75) is 51.7 Å². The van der Waals surface area contributed by atoms with E-state index in [4.69, 9.17) is 0 Å². The van der Waals surface area contributed by atoms with Crippen molar-refractivity contribution in [2.75, 3.05) is 0 Å². The van der Waals surface area contributed by atoms with E-state index in [1.54, 1.807) is 32.9 Å². The lowest BCUT2D eigenvalue weighted by Crippen LogP contribution is -2.72. The minimum Gasteiger partial charge on any atom is -0.340 e. The molecule has 1 saturated heterocycles. The normalized spacial score (nSPS) is 24.9. The molecule has 0 aromatic heterocycles. The van der Waals surface area contributed by atoms with Crippen LogP contribution in [0, 0.1) is 5.82 Å². The minimum absolute atomic E-state index is 0.140. The number of hydrogen-bond donors (Lipinski definition) is 1. The predicted molar refractivity (Wildman–Crippen MR) is 77.9 cm³/mol. The van der Waals surface area contributed by atoms with Gasteiger partial charge in [-0.05, 0) is 44.9 Å². The van der Waals surface area contributed by atoms with Crippen molar-refractivity contribution in [3.05, 3.63) is 35.6 Å². The molecule has 1 aliphatic rings. The molecular formula is C16H21FN2O2. The van der Waals surface area contributed by atoms with Crippen LogP contribution in [-0.4, -0.2) is 27.8 Å². The molecule has 2 rings (SSSR count). The molecule has 1 heterocycles. The Bertz CT molecular complexity index is 585. The second-order valence-corrected chi connectivity index (χ2v) is 6.22. The van der Waals surface area contributed by atoms with Gasteiger partial charge in [0.2, 0.25) is 11.8 Å². The van der Waals surface area contributed by atoms with Crippen LogP contribution in [0.5, 0.6) is 0 Å². The Morgan fingerprint density at radius 3 is 2.48 bits per heavy atom. The summed E-state index contributed by atoms with van der Waals surface area (Å²) in [4.78, 5) is 26.6. The number of amides is 2. The van der Waals surface area contributed by atoms with Crippen LogP contribution >= 0.6 is 0 Å². The Balaban J connectivity index is 2.37. The van der Waals surface area contributed by atoms with Crippen LogP contribution in [0.4, 0.5) is 4.39 Å². The first-order valence-corrected chi connectivity index (χ1v) is 7.10. The van der Waals surface area contributed by atoms with Crippen molar-refractivity contribution in [1.29, 1.82) is 0 Å². The van der Waals surface area contributed by atoms with Crippen molar-refractivity contribution in [2.24, 2.45) is 0 Å². The molecule has 1 N–H and O–H groups in total. The van der Waals surface area contributed by atoms with E-state index in [9.17, 15) is 14.0 Å². The number of rotatable bonds is 3.